The molecule has 1 amide bonds. The molecular weight excluding hydrogens is 266 g/mol. The molecule has 0 saturated heterocycles. The van der Waals surface area contributed by atoms with Crippen LogP contribution in [0.2, 0.25) is 0 Å². The SMILES string of the molecule is Cc1ccccc1NC(=O)COC(=O)c1ccccc1C. The van der Waals surface area contributed by atoms with Gasteiger partial charge in [0, 0.05) is 5.69 Å². The molecule has 0 spiro atoms. The summed E-state index contributed by atoms with van der Waals surface area (Å²) >= 11 is 0. The number of benzene rings is 2. The molecule has 0 radical (unpaired) electrons. The smallest absolute Gasteiger partial charge is 0.338 e. The molecule has 0 saturated carbocycles. The lowest BCUT2D eigenvalue weighted by Crippen LogP contribution is -2.21. The molecule has 4 heteroatoms. The first-order valence-corrected chi connectivity index (χ1v) is 6.66. The largest absolute Gasteiger partial charge is 0.452 e. The third-order valence-corrected chi connectivity index (χ3v) is 3.12. The van der Waals surface area contributed by atoms with E-state index in [1.807, 2.05) is 44.2 Å². The molecule has 2 aromatic rings. The van der Waals surface area contributed by atoms with Crippen molar-refractivity contribution in [3.05, 3.63) is 65.2 Å². The second-order valence-corrected chi connectivity index (χ2v) is 4.75. The van der Waals surface area contributed by atoms with Crippen LogP contribution in [-0.4, -0.2) is 18.5 Å². The van der Waals surface area contributed by atoms with Crippen LogP contribution in [0.4, 0.5) is 5.69 Å². The van der Waals surface area contributed by atoms with Gasteiger partial charge >= 0.3 is 5.97 Å². The second kappa shape index (κ2) is 6.70. The Balaban J connectivity index is 1.91. The molecule has 0 atom stereocenters. The Bertz CT molecular complexity index is 665. The Kier molecular flexibility index (Phi) is 4.72. The molecule has 0 aliphatic rings. The van der Waals surface area contributed by atoms with E-state index in [2.05, 4.69) is 5.32 Å². The topological polar surface area (TPSA) is 55.4 Å². The summed E-state index contributed by atoms with van der Waals surface area (Å²) in [5.74, 6) is -0.848. The average Bonchev–Trinajstić information content (AvgIpc) is 2.48. The maximum Gasteiger partial charge on any atom is 0.338 e. The van der Waals surface area contributed by atoms with Crippen LogP contribution < -0.4 is 5.32 Å². The molecule has 0 aliphatic carbocycles. The summed E-state index contributed by atoms with van der Waals surface area (Å²) in [4.78, 5) is 23.7. The minimum absolute atomic E-state index is 0.304. The summed E-state index contributed by atoms with van der Waals surface area (Å²) in [6.45, 7) is 3.42. The predicted octanol–water partition coefficient (Wildman–Crippen LogP) is 3.10. The van der Waals surface area contributed by atoms with Gasteiger partial charge in [-0.1, -0.05) is 36.4 Å². The van der Waals surface area contributed by atoms with E-state index in [-0.39, 0.29) is 12.5 Å². The average molecular weight is 283 g/mol. The number of ether oxygens (including phenoxy) is 1. The normalized spacial score (nSPS) is 10.0. The van der Waals surface area contributed by atoms with Crippen molar-refractivity contribution in [1.82, 2.24) is 0 Å². The molecule has 0 aromatic heterocycles. The molecule has 108 valence electrons. The van der Waals surface area contributed by atoms with E-state index in [4.69, 9.17) is 4.74 Å². The molecule has 0 aliphatic heterocycles. The highest BCUT2D eigenvalue weighted by molar-refractivity contribution is 5.96. The van der Waals surface area contributed by atoms with E-state index >= 15 is 0 Å². The van der Waals surface area contributed by atoms with Crippen LogP contribution in [0.5, 0.6) is 0 Å². The van der Waals surface area contributed by atoms with Crippen molar-refractivity contribution in [2.45, 2.75) is 13.8 Å². The molecule has 0 bridgehead atoms. The van der Waals surface area contributed by atoms with Crippen molar-refractivity contribution in [2.75, 3.05) is 11.9 Å². The molecule has 0 unspecified atom stereocenters. The molecular formula is C17H17NO3. The number of nitrogens with one attached hydrogen (secondary N) is 1. The lowest BCUT2D eigenvalue weighted by atomic mass is 10.1. The first-order chi connectivity index (χ1) is 10.1. The van der Waals surface area contributed by atoms with Gasteiger partial charge in [-0.3, -0.25) is 4.79 Å². The maximum absolute atomic E-state index is 11.9. The van der Waals surface area contributed by atoms with Crippen LogP contribution in [0.3, 0.4) is 0 Å². The third kappa shape index (κ3) is 3.92. The molecule has 0 heterocycles. The number of carbonyl (C=O) groups is 2. The van der Waals surface area contributed by atoms with Gasteiger partial charge in [-0.05, 0) is 37.1 Å². The summed E-state index contributed by atoms with van der Waals surface area (Å²) < 4.78 is 5.03. The highest BCUT2D eigenvalue weighted by Crippen LogP contribution is 2.13. The van der Waals surface area contributed by atoms with Gasteiger partial charge in [0.05, 0.1) is 5.56 Å². The Morgan fingerprint density at radius 2 is 1.57 bits per heavy atom. The highest BCUT2D eigenvalue weighted by atomic mass is 16.5. The van der Waals surface area contributed by atoms with Crippen molar-refractivity contribution >= 4 is 17.6 Å². The van der Waals surface area contributed by atoms with Gasteiger partial charge in [0.25, 0.3) is 5.91 Å². The van der Waals surface area contributed by atoms with Crippen molar-refractivity contribution in [3.8, 4) is 0 Å². The molecule has 0 fully saturated rings. The number of hydrogen-bond acceptors (Lipinski definition) is 3. The predicted molar refractivity (Wildman–Crippen MR) is 81.3 cm³/mol. The quantitative estimate of drug-likeness (QED) is 0.877. The van der Waals surface area contributed by atoms with E-state index < -0.39 is 5.97 Å². The Labute approximate surface area is 123 Å². The Hall–Kier alpha value is -2.62. The fraction of sp³-hybridized carbons (Fsp3) is 0.176. The summed E-state index contributed by atoms with van der Waals surface area (Å²) in [6, 6.07) is 14.5. The highest BCUT2D eigenvalue weighted by Gasteiger charge is 2.12. The first kappa shape index (κ1) is 14.8. The molecule has 4 nitrogen and oxygen atoms in total. The number of amides is 1. The van der Waals surface area contributed by atoms with Crippen LogP contribution in [0.15, 0.2) is 48.5 Å². The lowest BCUT2D eigenvalue weighted by molar-refractivity contribution is -0.119. The Morgan fingerprint density at radius 1 is 0.952 bits per heavy atom. The standard InChI is InChI=1S/C17H17NO3/c1-12-7-3-5-9-14(12)17(20)21-11-16(19)18-15-10-6-4-8-13(15)2/h3-10H,11H2,1-2H3,(H,18,19). The van der Waals surface area contributed by atoms with Gasteiger partial charge in [0.15, 0.2) is 6.61 Å². The van der Waals surface area contributed by atoms with Gasteiger partial charge in [0.2, 0.25) is 0 Å². The Morgan fingerprint density at radius 3 is 2.24 bits per heavy atom. The number of rotatable bonds is 4. The maximum atomic E-state index is 11.9. The minimum atomic E-state index is -0.493. The van der Waals surface area contributed by atoms with Crippen LogP contribution in [0, 0.1) is 13.8 Å². The van der Waals surface area contributed by atoms with Crippen LogP contribution in [0.25, 0.3) is 0 Å². The van der Waals surface area contributed by atoms with Gasteiger partial charge in [0.1, 0.15) is 0 Å². The van der Waals surface area contributed by atoms with E-state index in [9.17, 15) is 9.59 Å². The summed E-state index contributed by atoms with van der Waals surface area (Å²) in [5.41, 5.74) is 2.97. The van der Waals surface area contributed by atoms with Gasteiger partial charge in [-0.15, -0.1) is 0 Å². The number of anilines is 1. The van der Waals surface area contributed by atoms with Crippen LogP contribution >= 0.6 is 0 Å². The van der Waals surface area contributed by atoms with E-state index in [1.165, 1.54) is 0 Å². The zero-order valence-electron chi connectivity index (χ0n) is 12.1. The number of carbonyl (C=O) groups excluding carboxylic acids is 2. The van der Waals surface area contributed by atoms with Gasteiger partial charge in [-0.2, -0.15) is 0 Å². The van der Waals surface area contributed by atoms with Crippen molar-refractivity contribution < 1.29 is 14.3 Å². The fourth-order valence-corrected chi connectivity index (χ4v) is 1.91. The molecule has 21 heavy (non-hydrogen) atoms. The van der Waals surface area contributed by atoms with E-state index in [0.717, 1.165) is 16.8 Å². The first-order valence-electron chi connectivity index (χ1n) is 6.66. The summed E-state index contributed by atoms with van der Waals surface area (Å²) in [7, 11) is 0. The molecule has 1 N–H and O–H groups in total. The van der Waals surface area contributed by atoms with Crippen molar-refractivity contribution in [1.29, 1.82) is 0 Å². The number of para-hydroxylation sites is 1. The van der Waals surface area contributed by atoms with E-state index in [1.54, 1.807) is 18.2 Å². The van der Waals surface area contributed by atoms with Crippen LogP contribution in [-0.2, 0) is 9.53 Å². The molecule has 2 aromatic carbocycles. The zero-order valence-corrected chi connectivity index (χ0v) is 12.1. The summed E-state index contributed by atoms with van der Waals surface area (Å²) in [6.07, 6.45) is 0. The minimum Gasteiger partial charge on any atom is -0.452 e. The van der Waals surface area contributed by atoms with Crippen molar-refractivity contribution in [3.63, 3.8) is 0 Å². The number of esters is 1. The summed E-state index contributed by atoms with van der Waals surface area (Å²) in [5, 5.41) is 2.72. The van der Waals surface area contributed by atoms with Crippen molar-refractivity contribution in [2.24, 2.45) is 0 Å². The lowest BCUT2D eigenvalue weighted by Gasteiger charge is -2.09. The van der Waals surface area contributed by atoms with Gasteiger partial charge < -0.3 is 10.1 Å². The van der Waals surface area contributed by atoms with Crippen LogP contribution in [0.1, 0.15) is 21.5 Å². The van der Waals surface area contributed by atoms with Gasteiger partial charge in [-0.25, -0.2) is 4.79 Å². The fourth-order valence-electron chi connectivity index (χ4n) is 1.91. The molecule has 2 rings (SSSR count). The third-order valence-electron chi connectivity index (χ3n) is 3.12. The van der Waals surface area contributed by atoms with E-state index in [0.29, 0.717) is 5.56 Å². The second-order valence-electron chi connectivity index (χ2n) is 4.75. The zero-order chi connectivity index (χ0) is 15.2. The number of hydrogen-bond donors (Lipinski definition) is 1. The monoisotopic (exact) mass is 283 g/mol. The number of aryl methyl sites for hydroxylation is 2.